The van der Waals surface area contributed by atoms with Crippen LogP contribution >= 0.6 is 22.9 Å². The first-order valence-electron chi connectivity index (χ1n) is 8.16. The number of hydrogen-bond acceptors (Lipinski definition) is 5. The molecular weight excluding hydrogens is 372 g/mol. The van der Waals surface area contributed by atoms with Gasteiger partial charge in [-0.15, -0.1) is 11.3 Å². The quantitative estimate of drug-likeness (QED) is 0.420. The Labute approximate surface area is 160 Å². The number of esters is 1. The van der Waals surface area contributed by atoms with Crippen LogP contribution < -0.4 is 4.74 Å². The lowest BCUT2D eigenvalue weighted by atomic mass is 10.1. The van der Waals surface area contributed by atoms with Crippen molar-refractivity contribution in [1.29, 1.82) is 0 Å². The smallest absolute Gasteiger partial charge is 0.350 e. The number of hydrogen-bond donors (Lipinski definition) is 0. The van der Waals surface area contributed by atoms with Gasteiger partial charge in [0.1, 0.15) is 10.6 Å². The maximum atomic E-state index is 12.5. The SMILES string of the molecule is CCOc1ccc(C(=O)[C@@H](C)OC(=O)c2sc3ccccc3c2Cl)cc1. The summed E-state index contributed by atoms with van der Waals surface area (Å²) in [4.78, 5) is 25.2. The Morgan fingerprint density at radius 1 is 1.12 bits per heavy atom. The Balaban J connectivity index is 1.73. The molecule has 3 aromatic rings. The van der Waals surface area contributed by atoms with Gasteiger partial charge < -0.3 is 9.47 Å². The predicted molar refractivity (Wildman–Crippen MR) is 104 cm³/mol. The molecule has 0 spiro atoms. The van der Waals surface area contributed by atoms with Gasteiger partial charge in [0.25, 0.3) is 0 Å². The topological polar surface area (TPSA) is 52.6 Å². The third kappa shape index (κ3) is 3.74. The molecule has 0 N–H and O–H groups in total. The monoisotopic (exact) mass is 388 g/mol. The fourth-order valence-electron chi connectivity index (χ4n) is 2.53. The Hall–Kier alpha value is -2.37. The lowest BCUT2D eigenvalue weighted by molar-refractivity contribution is 0.0324. The molecule has 4 nitrogen and oxygen atoms in total. The predicted octanol–water partition coefficient (Wildman–Crippen LogP) is 5.38. The van der Waals surface area contributed by atoms with E-state index in [1.165, 1.54) is 11.3 Å². The maximum Gasteiger partial charge on any atom is 0.350 e. The van der Waals surface area contributed by atoms with E-state index >= 15 is 0 Å². The van der Waals surface area contributed by atoms with Crippen molar-refractivity contribution in [2.45, 2.75) is 20.0 Å². The third-order valence-corrected chi connectivity index (χ3v) is 5.48. The molecule has 3 rings (SSSR count). The molecule has 0 amide bonds. The molecule has 134 valence electrons. The van der Waals surface area contributed by atoms with Crippen LogP contribution in [0.5, 0.6) is 5.75 Å². The normalized spacial score (nSPS) is 12.0. The summed E-state index contributed by atoms with van der Waals surface area (Å²) in [6.45, 7) is 3.99. The zero-order valence-electron chi connectivity index (χ0n) is 14.3. The van der Waals surface area contributed by atoms with E-state index in [0.717, 1.165) is 10.1 Å². The van der Waals surface area contributed by atoms with Gasteiger partial charge >= 0.3 is 5.97 Å². The summed E-state index contributed by atoms with van der Waals surface area (Å²) in [6.07, 6.45) is -0.915. The molecular formula is C20H17ClO4S. The van der Waals surface area contributed by atoms with Gasteiger partial charge in [0.15, 0.2) is 6.10 Å². The van der Waals surface area contributed by atoms with Crippen LogP contribution in [0.2, 0.25) is 5.02 Å². The van der Waals surface area contributed by atoms with Crippen LogP contribution in [0.15, 0.2) is 48.5 Å². The largest absolute Gasteiger partial charge is 0.494 e. The average molecular weight is 389 g/mol. The second kappa shape index (κ2) is 7.89. The molecule has 0 unspecified atom stereocenters. The fourth-order valence-corrected chi connectivity index (χ4v) is 3.92. The first-order valence-corrected chi connectivity index (χ1v) is 9.35. The second-order valence-corrected chi connectivity index (χ2v) is 7.04. The standard InChI is InChI=1S/C20H17ClO4S/c1-3-24-14-10-8-13(9-11-14)18(22)12(2)25-20(23)19-17(21)15-6-4-5-7-16(15)26-19/h4-12H,3H2,1-2H3/t12-/m1/s1. The summed E-state index contributed by atoms with van der Waals surface area (Å²) in [5, 5.41) is 1.16. The van der Waals surface area contributed by atoms with Crippen molar-refractivity contribution in [3.8, 4) is 5.75 Å². The number of carbonyl (C=O) groups excluding carboxylic acids is 2. The first-order chi connectivity index (χ1) is 12.5. The van der Waals surface area contributed by atoms with Gasteiger partial charge in [-0.25, -0.2) is 4.79 Å². The highest BCUT2D eigenvalue weighted by Gasteiger charge is 2.24. The van der Waals surface area contributed by atoms with Gasteiger partial charge in [-0.2, -0.15) is 0 Å². The Kier molecular flexibility index (Phi) is 5.59. The van der Waals surface area contributed by atoms with Crippen molar-refractivity contribution >= 4 is 44.8 Å². The van der Waals surface area contributed by atoms with E-state index in [-0.39, 0.29) is 5.78 Å². The van der Waals surface area contributed by atoms with Crippen molar-refractivity contribution < 1.29 is 19.1 Å². The molecule has 0 aliphatic carbocycles. The van der Waals surface area contributed by atoms with E-state index in [1.54, 1.807) is 31.2 Å². The number of thiophene rings is 1. The maximum absolute atomic E-state index is 12.5. The van der Waals surface area contributed by atoms with E-state index < -0.39 is 12.1 Å². The molecule has 1 heterocycles. The van der Waals surface area contributed by atoms with E-state index in [1.807, 2.05) is 31.2 Å². The van der Waals surface area contributed by atoms with Gasteiger partial charge in [-0.3, -0.25) is 4.79 Å². The van der Waals surface area contributed by atoms with Gasteiger partial charge in [0, 0.05) is 15.6 Å². The van der Waals surface area contributed by atoms with Gasteiger partial charge in [0.2, 0.25) is 5.78 Å². The minimum absolute atomic E-state index is 0.279. The molecule has 0 saturated heterocycles. The van der Waals surface area contributed by atoms with Crippen molar-refractivity contribution in [2.24, 2.45) is 0 Å². The minimum Gasteiger partial charge on any atom is -0.494 e. The minimum atomic E-state index is -0.915. The summed E-state index contributed by atoms with van der Waals surface area (Å²) in [7, 11) is 0. The molecule has 0 fully saturated rings. The molecule has 2 aromatic carbocycles. The molecule has 6 heteroatoms. The van der Waals surface area contributed by atoms with Crippen molar-refractivity contribution in [3.05, 3.63) is 64.0 Å². The highest BCUT2D eigenvalue weighted by atomic mass is 35.5. The van der Waals surface area contributed by atoms with Crippen molar-refractivity contribution in [3.63, 3.8) is 0 Å². The van der Waals surface area contributed by atoms with Crippen LogP contribution in [0.25, 0.3) is 10.1 Å². The van der Waals surface area contributed by atoms with Crippen LogP contribution in [0, 0.1) is 0 Å². The third-order valence-electron chi connectivity index (χ3n) is 3.82. The number of Topliss-reactive ketones (excluding diaryl/α,β-unsaturated/α-hetero) is 1. The fraction of sp³-hybridized carbons (Fsp3) is 0.200. The van der Waals surface area contributed by atoms with Crippen molar-refractivity contribution in [1.82, 2.24) is 0 Å². The number of benzene rings is 2. The lowest BCUT2D eigenvalue weighted by Crippen LogP contribution is -2.24. The van der Waals surface area contributed by atoms with Crippen LogP contribution in [-0.4, -0.2) is 24.5 Å². The van der Waals surface area contributed by atoms with Gasteiger partial charge in [0.05, 0.1) is 11.6 Å². The molecule has 0 bridgehead atoms. The number of rotatable bonds is 6. The summed E-state index contributed by atoms with van der Waals surface area (Å²) >= 11 is 7.54. The zero-order chi connectivity index (χ0) is 18.7. The number of fused-ring (bicyclic) bond motifs is 1. The highest BCUT2D eigenvalue weighted by molar-refractivity contribution is 7.21. The van der Waals surface area contributed by atoms with Crippen LogP contribution in [-0.2, 0) is 4.74 Å². The average Bonchev–Trinajstić information content (AvgIpc) is 2.99. The van der Waals surface area contributed by atoms with Gasteiger partial charge in [-0.1, -0.05) is 29.8 Å². The number of carbonyl (C=O) groups is 2. The lowest BCUT2D eigenvalue weighted by Gasteiger charge is -2.12. The number of halogens is 1. The molecule has 1 aromatic heterocycles. The summed E-state index contributed by atoms with van der Waals surface area (Å²) in [5.41, 5.74) is 0.455. The van der Waals surface area contributed by atoms with E-state index in [4.69, 9.17) is 21.1 Å². The Bertz CT molecular complexity index is 946. The molecule has 1 atom stereocenters. The zero-order valence-corrected chi connectivity index (χ0v) is 15.9. The van der Waals surface area contributed by atoms with E-state index in [0.29, 0.717) is 27.8 Å². The first kappa shape index (κ1) is 18.4. The summed E-state index contributed by atoms with van der Waals surface area (Å²) in [6, 6.07) is 14.2. The Morgan fingerprint density at radius 3 is 2.46 bits per heavy atom. The van der Waals surface area contributed by atoms with Crippen LogP contribution in [0.3, 0.4) is 0 Å². The van der Waals surface area contributed by atoms with Crippen LogP contribution in [0.4, 0.5) is 0 Å². The second-order valence-electron chi connectivity index (χ2n) is 5.61. The number of ether oxygens (including phenoxy) is 2. The van der Waals surface area contributed by atoms with E-state index in [2.05, 4.69) is 0 Å². The molecule has 0 aliphatic heterocycles. The van der Waals surface area contributed by atoms with Crippen LogP contribution in [0.1, 0.15) is 33.9 Å². The highest BCUT2D eigenvalue weighted by Crippen LogP contribution is 2.35. The molecule has 0 aliphatic rings. The summed E-state index contributed by atoms with van der Waals surface area (Å²) in [5.74, 6) is -0.188. The molecule has 0 saturated carbocycles. The molecule has 26 heavy (non-hydrogen) atoms. The molecule has 0 radical (unpaired) electrons. The Morgan fingerprint density at radius 2 is 1.81 bits per heavy atom. The van der Waals surface area contributed by atoms with Gasteiger partial charge in [-0.05, 0) is 44.2 Å². The van der Waals surface area contributed by atoms with E-state index in [9.17, 15) is 9.59 Å². The number of ketones is 1. The van der Waals surface area contributed by atoms with Crippen molar-refractivity contribution in [2.75, 3.05) is 6.61 Å². The summed E-state index contributed by atoms with van der Waals surface area (Å²) < 4.78 is 11.6.